The van der Waals surface area contributed by atoms with Crippen molar-refractivity contribution in [2.24, 2.45) is 0 Å². The maximum atomic E-state index is 9.33. The van der Waals surface area contributed by atoms with Crippen LogP contribution in [0.3, 0.4) is 0 Å². The molecule has 2 N–H and O–H groups in total. The predicted molar refractivity (Wildman–Crippen MR) is 52.7 cm³/mol. The fourth-order valence-corrected chi connectivity index (χ4v) is 2.06. The molecule has 1 aliphatic rings. The summed E-state index contributed by atoms with van der Waals surface area (Å²) in [5.41, 5.74) is 2.63. The van der Waals surface area contributed by atoms with Gasteiger partial charge in [0.2, 0.25) is 0 Å². The molecular formula is C11H15NO. The van der Waals surface area contributed by atoms with Crippen LogP contribution >= 0.6 is 0 Å². The first-order chi connectivity index (χ1) is 6.29. The molecule has 0 spiro atoms. The molecule has 1 aromatic rings. The number of nitrogens with one attached hydrogen (secondary N) is 1. The van der Waals surface area contributed by atoms with Gasteiger partial charge in [0.1, 0.15) is 0 Å². The molecule has 0 aliphatic heterocycles. The minimum atomic E-state index is -0.107. The van der Waals surface area contributed by atoms with E-state index in [2.05, 4.69) is 29.6 Å². The van der Waals surface area contributed by atoms with Gasteiger partial charge in [0.15, 0.2) is 0 Å². The number of likely N-dealkylation sites (N-methyl/N-ethyl adjacent to an activating group) is 1. The monoisotopic (exact) mass is 177 g/mol. The summed E-state index contributed by atoms with van der Waals surface area (Å²) < 4.78 is 0. The molecule has 2 nitrogen and oxygen atoms in total. The maximum Gasteiger partial charge on any atom is 0.0619 e. The third-order valence-corrected chi connectivity index (χ3v) is 3.01. The van der Waals surface area contributed by atoms with E-state index in [-0.39, 0.29) is 12.1 Å². The van der Waals surface area contributed by atoms with E-state index in [0.29, 0.717) is 0 Å². The van der Waals surface area contributed by atoms with Gasteiger partial charge in [0.05, 0.1) is 6.61 Å². The van der Waals surface area contributed by atoms with Crippen molar-refractivity contribution in [1.82, 2.24) is 5.32 Å². The minimum absolute atomic E-state index is 0.107. The van der Waals surface area contributed by atoms with E-state index >= 15 is 0 Å². The first-order valence-corrected chi connectivity index (χ1v) is 4.66. The first-order valence-electron chi connectivity index (χ1n) is 4.66. The molecule has 0 atom stereocenters. The van der Waals surface area contributed by atoms with Crippen LogP contribution in [0.2, 0.25) is 0 Å². The van der Waals surface area contributed by atoms with E-state index in [9.17, 15) is 5.11 Å². The summed E-state index contributed by atoms with van der Waals surface area (Å²) in [6, 6.07) is 8.40. The standard InChI is InChI=1S/C11H15NO/c1-12-11(8-13)6-9-4-2-3-5-10(9)7-11/h2-5,12-13H,6-8H2,1H3. The molecule has 0 aromatic heterocycles. The number of benzene rings is 1. The van der Waals surface area contributed by atoms with Gasteiger partial charge in [-0.3, -0.25) is 0 Å². The Morgan fingerprint density at radius 1 is 1.31 bits per heavy atom. The Morgan fingerprint density at radius 2 is 1.85 bits per heavy atom. The molecule has 1 aliphatic carbocycles. The number of aliphatic hydroxyl groups is 1. The van der Waals surface area contributed by atoms with E-state index in [1.54, 1.807) is 0 Å². The van der Waals surface area contributed by atoms with Gasteiger partial charge in [0.25, 0.3) is 0 Å². The van der Waals surface area contributed by atoms with Crippen molar-refractivity contribution in [3.63, 3.8) is 0 Å². The molecule has 1 aromatic carbocycles. The second kappa shape index (κ2) is 3.13. The Bertz CT molecular complexity index is 278. The van der Waals surface area contributed by atoms with Crippen LogP contribution in [0, 0.1) is 0 Å². The molecule has 0 heterocycles. The number of rotatable bonds is 2. The van der Waals surface area contributed by atoms with Crippen molar-refractivity contribution in [3.05, 3.63) is 35.4 Å². The van der Waals surface area contributed by atoms with E-state index in [0.717, 1.165) is 12.8 Å². The van der Waals surface area contributed by atoms with Gasteiger partial charge in [-0.2, -0.15) is 0 Å². The lowest BCUT2D eigenvalue weighted by atomic mass is 9.97. The second-order valence-corrected chi connectivity index (χ2v) is 3.81. The number of fused-ring (bicyclic) bond motifs is 1. The lowest BCUT2D eigenvalue weighted by molar-refractivity contribution is 0.175. The number of hydrogen-bond acceptors (Lipinski definition) is 2. The summed E-state index contributed by atoms with van der Waals surface area (Å²) >= 11 is 0. The van der Waals surface area contributed by atoms with Crippen LogP contribution in [-0.4, -0.2) is 24.3 Å². The molecule has 0 fully saturated rings. The fraction of sp³-hybridized carbons (Fsp3) is 0.455. The Balaban J connectivity index is 2.30. The fourth-order valence-electron chi connectivity index (χ4n) is 2.06. The summed E-state index contributed by atoms with van der Waals surface area (Å²) in [5, 5.41) is 12.6. The molecule has 2 rings (SSSR count). The summed E-state index contributed by atoms with van der Waals surface area (Å²) in [5.74, 6) is 0. The number of hydrogen-bond donors (Lipinski definition) is 2. The van der Waals surface area contributed by atoms with E-state index in [1.165, 1.54) is 11.1 Å². The quantitative estimate of drug-likeness (QED) is 0.698. The maximum absolute atomic E-state index is 9.33. The molecule has 2 heteroatoms. The third-order valence-electron chi connectivity index (χ3n) is 3.01. The smallest absolute Gasteiger partial charge is 0.0619 e. The lowest BCUT2D eigenvalue weighted by Gasteiger charge is -2.25. The second-order valence-electron chi connectivity index (χ2n) is 3.81. The average Bonchev–Trinajstić information content (AvgIpc) is 2.57. The highest BCUT2D eigenvalue weighted by Crippen LogP contribution is 2.29. The summed E-state index contributed by atoms with van der Waals surface area (Å²) in [6.07, 6.45) is 1.88. The van der Waals surface area contributed by atoms with Crippen molar-refractivity contribution in [3.8, 4) is 0 Å². The summed E-state index contributed by atoms with van der Waals surface area (Å²) in [7, 11) is 1.92. The van der Waals surface area contributed by atoms with Gasteiger partial charge in [-0.1, -0.05) is 24.3 Å². The Labute approximate surface area is 78.6 Å². The molecule has 0 saturated heterocycles. The van der Waals surface area contributed by atoms with Crippen molar-refractivity contribution >= 4 is 0 Å². The van der Waals surface area contributed by atoms with Gasteiger partial charge in [-0.25, -0.2) is 0 Å². The molecule has 0 saturated carbocycles. The highest BCUT2D eigenvalue weighted by atomic mass is 16.3. The zero-order valence-corrected chi connectivity index (χ0v) is 7.88. The zero-order valence-electron chi connectivity index (χ0n) is 7.88. The van der Waals surface area contributed by atoms with Crippen LogP contribution < -0.4 is 5.32 Å². The van der Waals surface area contributed by atoms with Gasteiger partial charge < -0.3 is 10.4 Å². The molecule has 0 bridgehead atoms. The number of aliphatic hydroxyl groups excluding tert-OH is 1. The Morgan fingerprint density at radius 3 is 2.23 bits per heavy atom. The lowest BCUT2D eigenvalue weighted by Crippen LogP contribution is -2.47. The van der Waals surface area contributed by atoms with Crippen molar-refractivity contribution in [1.29, 1.82) is 0 Å². The first kappa shape index (κ1) is 8.73. The summed E-state index contributed by atoms with van der Waals surface area (Å²) in [6.45, 7) is 0.207. The van der Waals surface area contributed by atoms with Crippen LogP contribution in [0.25, 0.3) is 0 Å². The van der Waals surface area contributed by atoms with Gasteiger partial charge >= 0.3 is 0 Å². The molecular weight excluding hydrogens is 162 g/mol. The van der Waals surface area contributed by atoms with Crippen LogP contribution in [0.15, 0.2) is 24.3 Å². The molecule has 0 unspecified atom stereocenters. The van der Waals surface area contributed by atoms with Gasteiger partial charge in [-0.15, -0.1) is 0 Å². The normalized spacial score (nSPS) is 18.6. The van der Waals surface area contributed by atoms with Crippen molar-refractivity contribution in [2.45, 2.75) is 18.4 Å². The largest absolute Gasteiger partial charge is 0.394 e. The Hall–Kier alpha value is -0.860. The van der Waals surface area contributed by atoms with E-state index in [4.69, 9.17) is 0 Å². The van der Waals surface area contributed by atoms with E-state index in [1.807, 2.05) is 7.05 Å². The highest BCUT2D eigenvalue weighted by Gasteiger charge is 2.34. The molecule has 13 heavy (non-hydrogen) atoms. The summed E-state index contributed by atoms with van der Waals surface area (Å²) in [4.78, 5) is 0. The average molecular weight is 177 g/mol. The van der Waals surface area contributed by atoms with Crippen molar-refractivity contribution < 1.29 is 5.11 Å². The van der Waals surface area contributed by atoms with Crippen LogP contribution in [0.5, 0.6) is 0 Å². The zero-order chi connectivity index (χ0) is 9.31. The van der Waals surface area contributed by atoms with Gasteiger partial charge in [0, 0.05) is 5.54 Å². The molecule has 0 radical (unpaired) electrons. The minimum Gasteiger partial charge on any atom is -0.394 e. The Kier molecular flexibility index (Phi) is 2.10. The van der Waals surface area contributed by atoms with Crippen molar-refractivity contribution in [2.75, 3.05) is 13.7 Å². The van der Waals surface area contributed by atoms with E-state index < -0.39 is 0 Å². The molecule has 0 amide bonds. The molecule has 70 valence electrons. The van der Waals surface area contributed by atoms with Crippen LogP contribution in [0.4, 0.5) is 0 Å². The SMILES string of the molecule is CNC1(CO)Cc2ccccc2C1. The highest BCUT2D eigenvalue weighted by molar-refractivity contribution is 5.36. The predicted octanol–water partition coefficient (Wildman–Crippen LogP) is 0.736. The third kappa shape index (κ3) is 1.36. The van der Waals surface area contributed by atoms with Gasteiger partial charge in [-0.05, 0) is 31.0 Å². The van der Waals surface area contributed by atoms with Crippen LogP contribution in [-0.2, 0) is 12.8 Å². The topological polar surface area (TPSA) is 32.3 Å². The van der Waals surface area contributed by atoms with Crippen LogP contribution in [0.1, 0.15) is 11.1 Å².